The lowest BCUT2D eigenvalue weighted by Crippen LogP contribution is -2.29. The summed E-state index contributed by atoms with van der Waals surface area (Å²) in [5, 5.41) is 1.90. The first-order chi connectivity index (χ1) is 10.3. The Hall–Kier alpha value is 2.99. The molecule has 0 fully saturated rings. The van der Waals surface area contributed by atoms with Crippen LogP contribution in [0.15, 0.2) is 0 Å². The Morgan fingerprint density at radius 2 is 0.913 bits per heavy atom. The third-order valence-electron chi connectivity index (χ3n) is 2.41. The van der Waals surface area contributed by atoms with Crippen LogP contribution in [0.2, 0.25) is 0 Å². The first-order valence-electron chi connectivity index (χ1n) is 6.59. The summed E-state index contributed by atoms with van der Waals surface area (Å²) >= 11 is 20.6. The topological polar surface area (TPSA) is 44.8 Å². The lowest BCUT2D eigenvalue weighted by Gasteiger charge is -2.28. The minimum absolute atomic E-state index is 0.177. The van der Waals surface area contributed by atoms with E-state index in [4.69, 9.17) is 13.6 Å². The molecule has 0 aliphatic carbocycles. The Morgan fingerprint density at radius 3 is 1.09 bits per heavy atom. The van der Waals surface area contributed by atoms with Gasteiger partial charge in [0.15, 0.2) is 0 Å². The van der Waals surface area contributed by atoms with E-state index in [0.717, 1.165) is 0 Å². The van der Waals surface area contributed by atoms with Crippen LogP contribution in [0.1, 0.15) is 20.8 Å². The average Bonchev–Trinajstić information content (AvgIpc) is 2.50. The van der Waals surface area contributed by atoms with E-state index in [1.54, 1.807) is 0 Å². The largest absolute Gasteiger partial charge is 0.474 e. The van der Waals surface area contributed by atoms with E-state index in [1.807, 2.05) is 20.8 Å². The lowest BCUT2D eigenvalue weighted by atomic mass is 10.2. The molecule has 3 unspecified atom stereocenters. The molecular weight excluding hydrogens is 719 g/mol. The fourth-order valence-corrected chi connectivity index (χ4v) is 3.78. The molecule has 0 aliphatic rings. The van der Waals surface area contributed by atoms with Crippen LogP contribution >= 0.6 is 103 Å². The highest BCUT2D eigenvalue weighted by molar-refractivity contribution is 9.13. The monoisotopic (exact) mass is 734 g/mol. The minimum atomic E-state index is -3.70. The Bertz CT molecular complexity index is 348. The molecule has 23 heavy (non-hydrogen) atoms. The van der Waals surface area contributed by atoms with Crippen LogP contribution in [-0.2, 0) is 18.1 Å². The van der Waals surface area contributed by atoms with E-state index in [9.17, 15) is 4.57 Å². The van der Waals surface area contributed by atoms with Gasteiger partial charge >= 0.3 is 7.82 Å². The van der Waals surface area contributed by atoms with Crippen LogP contribution in [0.4, 0.5) is 0 Å². The van der Waals surface area contributed by atoms with Crippen LogP contribution < -0.4 is 0 Å². The molecular formula is C12H21Br6O4P. The summed E-state index contributed by atoms with van der Waals surface area (Å²) in [7, 11) is -3.70. The lowest BCUT2D eigenvalue weighted by molar-refractivity contribution is 0.100. The number of halogens is 6. The molecule has 0 heterocycles. The molecule has 140 valence electrons. The Labute approximate surface area is 189 Å². The van der Waals surface area contributed by atoms with Gasteiger partial charge in [0.25, 0.3) is 0 Å². The summed E-state index contributed by atoms with van der Waals surface area (Å²) in [6.45, 7) is 6.30. The van der Waals surface area contributed by atoms with E-state index in [1.165, 1.54) is 0 Å². The highest BCUT2D eigenvalue weighted by Crippen LogP contribution is 2.52. The van der Waals surface area contributed by atoms with Gasteiger partial charge in [0.1, 0.15) is 0 Å². The fraction of sp³-hybridized carbons (Fsp3) is 1.00. The van der Waals surface area contributed by atoms with Gasteiger partial charge in [-0.3, -0.25) is 13.6 Å². The predicted molar refractivity (Wildman–Crippen MR) is 119 cm³/mol. The molecule has 0 aromatic rings. The first kappa shape index (κ1) is 26.0. The van der Waals surface area contributed by atoms with Crippen LogP contribution in [0, 0.1) is 0 Å². The third kappa shape index (κ3) is 12.1. The van der Waals surface area contributed by atoms with Crippen molar-refractivity contribution in [2.75, 3.05) is 35.8 Å². The number of rotatable bonds is 12. The van der Waals surface area contributed by atoms with Gasteiger partial charge in [-0.1, -0.05) is 95.6 Å². The molecule has 0 aromatic carbocycles. The standard InChI is InChI=1S/C12H21Br6O4P/c1-10(16,4-13)7-20-23(19,21-8-11(2,17)5-14)22-9-12(3,18)6-15/h4-9H2,1-3H3. The number of hydrogen-bond donors (Lipinski definition) is 0. The number of phosphoric ester groups is 1. The molecule has 0 radical (unpaired) electrons. The average molecular weight is 740 g/mol. The van der Waals surface area contributed by atoms with Gasteiger partial charge in [0.05, 0.1) is 32.8 Å². The van der Waals surface area contributed by atoms with Crippen molar-refractivity contribution in [1.29, 1.82) is 0 Å². The quantitative estimate of drug-likeness (QED) is 0.164. The molecule has 0 rings (SSSR count). The molecule has 0 saturated heterocycles. The van der Waals surface area contributed by atoms with Crippen molar-refractivity contribution in [2.45, 2.75) is 33.7 Å². The van der Waals surface area contributed by atoms with E-state index in [-0.39, 0.29) is 32.8 Å². The first-order valence-corrected chi connectivity index (χ1v) is 13.8. The highest BCUT2D eigenvalue weighted by atomic mass is 79.9. The molecule has 4 nitrogen and oxygen atoms in total. The van der Waals surface area contributed by atoms with Gasteiger partial charge in [0.2, 0.25) is 0 Å². The van der Waals surface area contributed by atoms with Crippen molar-refractivity contribution in [3.63, 3.8) is 0 Å². The van der Waals surface area contributed by atoms with E-state index in [2.05, 4.69) is 95.6 Å². The van der Waals surface area contributed by atoms with Crippen molar-refractivity contribution < 1.29 is 18.1 Å². The summed E-state index contributed by atoms with van der Waals surface area (Å²) < 4.78 is 28.4. The fourth-order valence-electron chi connectivity index (χ4n) is 0.868. The zero-order valence-corrected chi connectivity index (χ0v) is 23.5. The van der Waals surface area contributed by atoms with Gasteiger partial charge in [-0.2, -0.15) is 0 Å². The van der Waals surface area contributed by atoms with E-state index < -0.39 is 7.82 Å². The SMILES string of the molecule is CC(Br)(CBr)COP(=O)(OCC(C)(Br)CBr)OCC(C)(Br)CBr. The Morgan fingerprint density at radius 1 is 0.696 bits per heavy atom. The summed E-state index contributed by atoms with van der Waals surface area (Å²) in [5.41, 5.74) is 0. The molecule has 0 saturated carbocycles. The van der Waals surface area contributed by atoms with E-state index in [0.29, 0.717) is 16.0 Å². The number of phosphoric acid groups is 1. The Kier molecular flexibility index (Phi) is 12.5. The van der Waals surface area contributed by atoms with Gasteiger partial charge in [-0.25, -0.2) is 4.57 Å². The van der Waals surface area contributed by atoms with E-state index >= 15 is 0 Å². The van der Waals surface area contributed by atoms with Gasteiger partial charge in [-0.15, -0.1) is 0 Å². The molecule has 0 spiro atoms. The van der Waals surface area contributed by atoms with Crippen LogP contribution in [-0.4, -0.2) is 48.8 Å². The zero-order valence-electron chi connectivity index (χ0n) is 13.1. The van der Waals surface area contributed by atoms with Gasteiger partial charge < -0.3 is 0 Å². The maximum Gasteiger partial charge on any atom is 0.474 e. The Balaban J connectivity index is 4.93. The van der Waals surface area contributed by atoms with Crippen molar-refractivity contribution in [3.05, 3.63) is 0 Å². The van der Waals surface area contributed by atoms with Crippen molar-refractivity contribution in [1.82, 2.24) is 0 Å². The van der Waals surface area contributed by atoms with Crippen molar-refractivity contribution in [3.8, 4) is 0 Å². The molecule has 11 heteroatoms. The molecule has 0 amide bonds. The number of alkyl halides is 6. The van der Waals surface area contributed by atoms with Crippen LogP contribution in [0.5, 0.6) is 0 Å². The second-order valence-electron chi connectivity index (χ2n) is 5.91. The highest BCUT2D eigenvalue weighted by Gasteiger charge is 2.36. The summed E-state index contributed by atoms with van der Waals surface area (Å²) in [6, 6.07) is 0. The molecule has 0 N–H and O–H groups in total. The third-order valence-corrected chi connectivity index (χ3v) is 11.2. The normalized spacial score (nSPS) is 22.7. The van der Waals surface area contributed by atoms with Crippen molar-refractivity contribution >= 4 is 103 Å². The molecule has 3 atom stereocenters. The van der Waals surface area contributed by atoms with Crippen LogP contribution in [0.25, 0.3) is 0 Å². The number of hydrogen-bond acceptors (Lipinski definition) is 4. The maximum absolute atomic E-state index is 12.9. The second kappa shape index (κ2) is 11.1. The smallest absolute Gasteiger partial charge is 0.285 e. The van der Waals surface area contributed by atoms with Crippen molar-refractivity contribution in [2.24, 2.45) is 0 Å². The molecule has 0 aliphatic heterocycles. The summed E-state index contributed by atoms with van der Waals surface area (Å²) in [4.78, 5) is 0. The van der Waals surface area contributed by atoms with Gasteiger partial charge in [0, 0.05) is 16.0 Å². The second-order valence-corrected chi connectivity index (χ2v) is 15.0. The zero-order chi connectivity index (χ0) is 18.4. The maximum atomic E-state index is 12.9. The summed E-state index contributed by atoms with van der Waals surface area (Å²) in [5.74, 6) is 0. The predicted octanol–water partition coefficient (Wildman–Crippen LogP) is 6.79. The summed E-state index contributed by atoms with van der Waals surface area (Å²) in [6.07, 6.45) is 0. The van der Waals surface area contributed by atoms with Gasteiger partial charge in [-0.05, 0) is 20.8 Å². The minimum Gasteiger partial charge on any atom is -0.285 e. The molecule has 0 bridgehead atoms. The van der Waals surface area contributed by atoms with Crippen LogP contribution in [0.3, 0.4) is 0 Å². The molecule has 0 aromatic heterocycles.